The van der Waals surface area contributed by atoms with E-state index < -0.39 is 0 Å². The van der Waals surface area contributed by atoms with Gasteiger partial charge >= 0.3 is 0 Å². The Kier molecular flexibility index (Phi) is 4.16. The van der Waals surface area contributed by atoms with Gasteiger partial charge in [0.15, 0.2) is 0 Å². The van der Waals surface area contributed by atoms with E-state index in [4.69, 9.17) is 17.3 Å². The monoisotopic (exact) mass is 349 g/mol. The van der Waals surface area contributed by atoms with Gasteiger partial charge in [0.1, 0.15) is 0 Å². The SMILES string of the molecule is NC(c1ccc(Br)c(Cl)c1)c1ccccc1C1CCC1. The largest absolute Gasteiger partial charge is 0.320 e. The summed E-state index contributed by atoms with van der Waals surface area (Å²) in [5, 5.41) is 0.707. The zero-order valence-corrected chi connectivity index (χ0v) is 13.5. The topological polar surface area (TPSA) is 26.0 Å². The molecule has 2 aromatic carbocycles. The Hall–Kier alpha value is -0.830. The molecule has 1 unspecified atom stereocenters. The minimum absolute atomic E-state index is 0.114. The van der Waals surface area contributed by atoms with E-state index in [1.54, 1.807) is 0 Å². The molecular formula is C17H17BrClN. The summed E-state index contributed by atoms with van der Waals surface area (Å²) < 4.78 is 0.905. The molecule has 2 N–H and O–H groups in total. The van der Waals surface area contributed by atoms with Gasteiger partial charge in [-0.05, 0) is 63.5 Å². The summed E-state index contributed by atoms with van der Waals surface area (Å²) >= 11 is 9.60. The number of nitrogens with two attached hydrogens (primary N) is 1. The van der Waals surface area contributed by atoms with Crippen LogP contribution in [0.3, 0.4) is 0 Å². The van der Waals surface area contributed by atoms with Crippen LogP contribution in [-0.4, -0.2) is 0 Å². The highest BCUT2D eigenvalue weighted by Crippen LogP contribution is 2.40. The Balaban J connectivity index is 1.97. The second-order valence-electron chi connectivity index (χ2n) is 5.41. The zero-order valence-electron chi connectivity index (χ0n) is 11.2. The van der Waals surface area contributed by atoms with Crippen LogP contribution in [0.25, 0.3) is 0 Å². The molecule has 1 fully saturated rings. The smallest absolute Gasteiger partial charge is 0.0555 e. The Morgan fingerprint density at radius 3 is 2.55 bits per heavy atom. The second kappa shape index (κ2) is 5.88. The van der Waals surface area contributed by atoms with Gasteiger partial charge in [-0.15, -0.1) is 0 Å². The van der Waals surface area contributed by atoms with Gasteiger partial charge in [-0.1, -0.05) is 48.4 Å². The van der Waals surface area contributed by atoms with Crippen molar-refractivity contribution in [3.8, 4) is 0 Å². The van der Waals surface area contributed by atoms with Crippen LogP contribution in [0, 0.1) is 0 Å². The summed E-state index contributed by atoms with van der Waals surface area (Å²) in [4.78, 5) is 0. The maximum Gasteiger partial charge on any atom is 0.0555 e. The lowest BCUT2D eigenvalue weighted by Gasteiger charge is -2.29. The number of hydrogen-bond acceptors (Lipinski definition) is 1. The van der Waals surface area contributed by atoms with Crippen molar-refractivity contribution in [1.82, 2.24) is 0 Å². The van der Waals surface area contributed by atoms with Gasteiger partial charge < -0.3 is 5.73 Å². The van der Waals surface area contributed by atoms with Crippen molar-refractivity contribution in [3.05, 3.63) is 68.7 Å². The fourth-order valence-electron chi connectivity index (χ4n) is 2.77. The van der Waals surface area contributed by atoms with Crippen LogP contribution in [0.15, 0.2) is 46.9 Å². The number of hydrogen-bond donors (Lipinski definition) is 1. The second-order valence-corrected chi connectivity index (χ2v) is 6.67. The van der Waals surface area contributed by atoms with Gasteiger partial charge in [0.2, 0.25) is 0 Å². The molecule has 0 bridgehead atoms. The molecule has 1 nitrogen and oxygen atoms in total. The third-order valence-corrected chi connectivity index (χ3v) is 5.41. The number of benzene rings is 2. The standard InChI is InChI=1S/C17H17BrClN/c18-15-9-8-12(10-16(15)19)17(20)14-7-2-1-6-13(14)11-4-3-5-11/h1-2,6-11,17H,3-5,20H2. The van der Waals surface area contributed by atoms with Crippen LogP contribution >= 0.6 is 27.5 Å². The van der Waals surface area contributed by atoms with Crippen LogP contribution in [-0.2, 0) is 0 Å². The van der Waals surface area contributed by atoms with Gasteiger partial charge in [-0.3, -0.25) is 0 Å². The molecule has 1 saturated carbocycles. The zero-order chi connectivity index (χ0) is 14.1. The maximum absolute atomic E-state index is 6.48. The quantitative estimate of drug-likeness (QED) is 0.786. The van der Waals surface area contributed by atoms with E-state index in [-0.39, 0.29) is 6.04 Å². The van der Waals surface area contributed by atoms with Crippen LogP contribution in [0.5, 0.6) is 0 Å². The normalized spacial score (nSPS) is 16.8. The molecule has 1 atom stereocenters. The first kappa shape index (κ1) is 14.1. The van der Waals surface area contributed by atoms with Crippen LogP contribution < -0.4 is 5.73 Å². The van der Waals surface area contributed by atoms with Crippen LogP contribution in [0.4, 0.5) is 0 Å². The van der Waals surface area contributed by atoms with Gasteiger partial charge in [0.05, 0.1) is 11.1 Å². The molecule has 0 aromatic heterocycles. The van der Waals surface area contributed by atoms with E-state index in [1.807, 2.05) is 18.2 Å². The van der Waals surface area contributed by atoms with Crippen LogP contribution in [0.1, 0.15) is 47.9 Å². The fraction of sp³-hybridized carbons (Fsp3) is 0.294. The number of halogens is 2. The van der Waals surface area contributed by atoms with E-state index in [0.717, 1.165) is 10.0 Å². The fourth-order valence-corrected chi connectivity index (χ4v) is 3.21. The van der Waals surface area contributed by atoms with E-state index in [2.05, 4.69) is 40.2 Å². The third-order valence-electron chi connectivity index (χ3n) is 4.18. The summed E-state index contributed by atoms with van der Waals surface area (Å²) in [5.74, 6) is 0.683. The van der Waals surface area contributed by atoms with Gasteiger partial charge in [-0.25, -0.2) is 0 Å². The lowest BCUT2D eigenvalue weighted by molar-refractivity contribution is 0.416. The molecule has 0 spiro atoms. The molecule has 0 amide bonds. The molecule has 0 saturated heterocycles. The van der Waals surface area contributed by atoms with Crippen molar-refractivity contribution in [3.63, 3.8) is 0 Å². The van der Waals surface area contributed by atoms with Crippen molar-refractivity contribution in [2.45, 2.75) is 31.2 Å². The summed E-state index contributed by atoms with van der Waals surface area (Å²) in [6.45, 7) is 0. The Morgan fingerprint density at radius 1 is 1.15 bits per heavy atom. The van der Waals surface area contributed by atoms with Crippen molar-refractivity contribution in [2.24, 2.45) is 5.73 Å². The first-order chi connectivity index (χ1) is 9.66. The van der Waals surface area contributed by atoms with E-state index in [1.165, 1.54) is 30.4 Å². The van der Waals surface area contributed by atoms with E-state index >= 15 is 0 Å². The molecule has 0 aliphatic heterocycles. The van der Waals surface area contributed by atoms with Crippen LogP contribution in [0.2, 0.25) is 5.02 Å². The Bertz CT molecular complexity index is 622. The highest BCUT2D eigenvalue weighted by atomic mass is 79.9. The molecule has 20 heavy (non-hydrogen) atoms. The lowest BCUT2D eigenvalue weighted by atomic mass is 9.76. The van der Waals surface area contributed by atoms with Gasteiger partial charge in [0, 0.05) is 4.47 Å². The number of rotatable bonds is 3. The Morgan fingerprint density at radius 2 is 1.90 bits per heavy atom. The average molecular weight is 351 g/mol. The Labute approximate surface area is 133 Å². The molecule has 0 radical (unpaired) electrons. The first-order valence-corrected chi connectivity index (χ1v) is 8.13. The maximum atomic E-state index is 6.48. The van der Waals surface area contributed by atoms with Crippen molar-refractivity contribution >= 4 is 27.5 Å². The van der Waals surface area contributed by atoms with Gasteiger partial charge in [0.25, 0.3) is 0 Å². The molecule has 3 heteroatoms. The van der Waals surface area contributed by atoms with E-state index in [0.29, 0.717) is 10.9 Å². The minimum atomic E-state index is -0.114. The molecule has 1 aliphatic rings. The van der Waals surface area contributed by atoms with Crippen molar-refractivity contribution in [1.29, 1.82) is 0 Å². The predicted octanol–water partition coefficient (Wildman–Crippen LogP) is 5.42. The summed E-state index contributed by atoms with van der Waals surface area (Å²) in [5.41, 5.74) is 10.2. The summed E-state index contributed by atoms with van der Waals surface area (Å²) in [7, 11) is 0. The average Bonchev–Trinajstić information content (AvgIpc) is 2.40. The van der Waals surface area contributed by atoms with Crippen molar-refractivity contribution in [2.75, 3.05) is 0 Å². The highest BCUT2D eigenvalue weighted by molar-refractivity contribution is 9.10. The van der Waals surface area contributed by atoms with E-state index in [9.17, 15) is 0 Å². The molecule has 1 aliphatic carbocycles. The first-order valence-electron chi connectivity index (χ1n) is 6.96. The summed E-state index contributed by atoms with van der Waals surface area (Å²) in [6.07, 6.45) is 3.90. The minimum Gasteiger partial charge on any atom is -0.320 e. The summed E-state index contributed by atoms with van der Waals surface area (Å²) in [6, 6.07) is 14.4. The van der Waals surface area contributed by atoms with Gasteiger partial charge in [-0.2, -0.15) is 0 Å². The predicted molar refractivity (Wildman–Crippen MR) is 88.2 cm³/mol. The molecule has 104 valence electrons. The molecule has 3 rings (SSSR count). The lowest BCUT2D eigenvalue weighted by Crippen LogP contribution is -2.18. The van der Waals surface area contributed by atoms with Crippen molar-refractivity contribution < 1.29 is 0 Å². The molecular weight excluding hydrogens is 334 g/mol. The molecule has 2 aromatic rings. The third kappa shape index (κ3) is 2.65. The highest BCUT2D eigenvalue weighted by Gasteiger charge is 2.24. The molecule has 0 heterocycles.